The van der Waals surface area contributed by atoms with Crippen molar-refractivity contribution in [2.75, 3.05) is 5.75 Å². The summed E-state index contributed by atoms with van der Waals surface area (Å²) in [6.07, 6.45) is 0. The maximum atomic E-state index is 11.3. The molecule has 5 nitrogen and oxygen atoms in total. The SMILES string of the molecule is Cc1ccc(S(=O)(=O)CC(=O)[O-])cc1.O.[K+]. The molecule has 84 valence electrons. The number of hydrogen-bond acceptors (Lipinski definition) is 4. The third-order valence-electron chi connectivity index (χ3n) is 1.69. The Morgan fingerprint density at radius 2 is 1.69 bits per heavy atom. The third-order valence-corrected chi connectivity index (χ3v) is 3.29. The van der Waals surface area contributed by atoms with Crippen LogP contribution in [0.5, 0.6) is 0 Å². The summed E-state index contributed by atoms with van der Waals surface area (Å²) in [5.41, 5.74) is 0.914. The van der Waals surface area contributed by atoms with Crippen LogP contribution in [0.4, 0.5) is 0 Å². The van der Waals surface area contributed by atoms with Crippen molar-refractivity contribution < 1.29 is 75.2 Å². The van der Waals surface area contributed by atoms with Crippen LogP contribution < -0.4 is 56.5 Å². The van der Waals surface area contributed by atoms with Gasteiger partial charge in [-0.2, -0.15) is 0 Å². The van der Waals surface area contributed by atoms with Crippen molar-refractivity contribution in [3.63, 3.8) is 0 Å². The third kappa shape index (κ3) is 5.53. The van der Waals surface area contributed by atoms with Gasteiger partial charge in [0.05, 0.1) is 16.6 Å². The van der Waals surface area contributed by atoms with Gasteiger partial charge in [-0.25, -0.2) is 8.42 Å². The van der Waals surface area contributed by atoms with Crippen LogP contribution in [0.25, 0.3) is 0 Å². The van der Waals surface area contributed by atoms with Crippen LogP contribution in [-0.4, -0.2) is 25.6 Å². The largest absolute Gasteiger partial charge is 1.00 e. The van der Waals surface area contributed by atoms with E-state index in [0.29, 0.717) is 0 Å². The Morgan fingerprint density at radius 1 is 1.25 bits per heavy atom. The first-order valence-electron chi connectivity index (χ1n) is 3.91. The number of carbonyl (C=O) groups is 1. The molecule has 7 heteroatoms. The number of carbonyl (C=O) groups excluding carboxylic acids is 1. The minimum absolute atomic E-state index is 0. The fraction of sp³-hybridized carbons (Fsp3) is 0.222. The summed E-state index contributed by atoms with van der Waals surface area (Å²) in [7, 11) is -3.74. The van der Waals surface area contributed by atoms with Gasteiger partial charge in [-0.05, 0) is 19.1 Å². The van der Waals surface area contributed by atoms with Crippen LogP contribution in [0, 0.1) is 6.92 Å². The average molecular weight is 270 g/mol. The Bertz CT molecular complexity index is 437. The molecule has 0 unspecified atom stereocenters. The maximum absolute atomic E-state index is 11.3. The second-order valence-electron chi connectivity index (χ2n) is 2.94. The number of aliphatic carboxylic acids is 1. The molecule has 0 spiro atoms. The van der Waals surface area contributed by atoms with Crippen LogP contribution >= 0.6 is 0 Å². The molecule has 0 saturated heterocycles. The molecule has 0 atom stereocenters. The van der Waals surface area contributed by atoms with Gasteiger partial charge in [0.2, 0.25) is 0 Å². The Kier molecular flexibility index (Phi) is 8.76. The molecule has 0 aromatic heterocycles. The van der Waals surface area contributed by atoms with Gasteiger partial charge in [0.25, 0.3) is 0 Å². The van der Waals surface area contributed by atoms with Crippen LogP contribution in [0.1, 0.15) is 5.56 Å². The van der Waals surface area contributed by atoms with Crippen molar-refractivity contribution >= 4 is 15.8 Å². The van der Waals surface area contributed by atoms with E-state index in [4.69, 9.17) is 0 Å². The number of sulfone groups is 1. The van der Waals surface area contributed by atoms with E-state index in [1.807, 2.05) is 6.92 Å². The zero-order valence-corrected chi connectivity index (χ0v) is 13.0. The maximum Gasteiger partial charge on any atom is 1.00 e. The first-order chi connectivity index (χ1) is 6.42. The van der Waals surface area contributed by atoms with E-state index < -0.39 is 21.6 Å². The van der Waals surface area contributed by atoms with Gasteiger partial charge in [0.1, 0.15) is 0 Å². The summed E-state index contributed by atoms with van der Waals surface area (Å²) in [5.74, 6) is -2.57. The zero-order valence-electron chi connectivity index (χ0n) is 9.06. The number of aryl methyl sites for hydroxylation is 1. The molecule has 1 rings (SSSR count). The molecule has 0 aliphatic rings. The normalized spacial score (nSPS) is 9.81. The molecule has 0 aliphatic carbocycles. The Labute approximate surface area is 137 Å². The fourth-order valence-corrected chi connectivity index (χ4v) is 2.01. The summed E-state index contributed by atoms with van der Waals surface area (Å²) in [6, 6.07) is 5.99. The number of benzene rings is 1. The van der Waals surface area contributed by atoms with Gasteiger partial charge in [-0.3, -0.25) is 0 Å². The van der Waals surface area contributed by atoms with Crippen LogP contribution in [0.3, 0.4) is 0 Å². The summed E-state index contributed by atoms with van der Waals surface area (Å²) >= 11 is 0. The minimum atomic E-state index is -3.74. The molecule has 16 heavy (non-hydrogen) atoms. The Morgan fingerprint density at radius 3 is 2.06 bits per heavy atom. The number of carboxylic acid groups (broad SMARTS) is 1. The van der Waals surface area contributed by atoms with Crippen LogP contribution in [0.15, 0.2) is 29.2 Å². The van der Waals surface area contributed by atoms with Crippen molar-refractivity contribution in [2.45, 2.75) is 11.8 Å². The fourth-order valence-electron chi connectivity index (χ4n) is 0.984. The summed E-state index contributed by atoms with van der Waals surface area (Å²) in [5, 5.41) is 10.2. The van der Waals surface area contributed by atoms with E-state index >= 15 is 0 Å². The van der Waals surface area contributed by atoms with Gasteiger partial charge in [-0.15, -0.1) is 0 Å². The first kappa shape index (κ1) is 18.6. The Balaban J connectivity index is 0. The van der Waals surface area contributed by atoms with Crippen LogP contribution in [0.2, 0.25) is 0 Å². The predicted molar refractivity (Wildman–Crippen MR) is 51.9 cm³/mol. The summed E-state index contributed by atoms with van der Waals surface area (Å²) in [4.78, 5) is 10.2. The van der Waals surface area contributed by atoms with Crippen LogP contribution in [-0.2, 0) is 14.6 Å². The number of carboxylic acids is 1. The molecule has 0 aliphatic heterocycles. The predicted octanol–water partition coefficient (Wildman–Crippen LogP) is -4.30. The van der Waals surface area contributed by atoms with E-state index in [0.717, 1.165) is 5.56 Å². The average Bonchev–Trinajstić information content (AvgIpc) is 2.02. The second-order valence-corrected chi connectivity index (χ2v) is 4.93. The molecule has 2 N–H and O–H groups in total. The zero-order chi connectivity index (χ0) is 10.8. The van der Waals surface area contributed by atoms with Crippen molar-refractivity contribution in [3.05, 3.63) is 29.8 Å². The van der Waals surface area contributed by atoms with Gasteiger partial charge in [0, 0.05) is 0 Å². The first-order valence-corrected chi connectivity index (χ1v) is 5.56. The molecule has 1 aromatic carbocycles. The monoisotopic (exact) mass is 270 g/mol. The van der Waals surface area contributed by atoms with Gasteiger partial charge < -0.3 is 15.4 Å². The summed E-state index contributed by atoms with van der Waals surface area (Å²) < 4.78 is 22.7. The minimum Gasteiger partial charge on any atom is -0.549 e. The summed E-state index contributed by atoms with van der Waals surface area (Å²) in [6.45, 7) is 1.81. The van der Waals surface area contributed by atoms with E-state index in [1.54, 1.807) is 12.1 Å². The quantitative estimate of drug-likeness (QED) is 0.518. The smallest absolute Gasteiger partial charge is 0.549 e. The van der Waals surface area contributed by atoms with Gasteiger partial charge in [-0.1, -0.05) is 17.7 Å². The molecular weight excluding hydrogens is 259 g/mol. The van der Waals surface area contributed by atoms with E-state index in [2.05, 4.69) is 0 Å². The van der Waals surface area contributed by atoms with E-state index in [1.165, 1.54) is 12.1 Å². The van der Waals surface area contributed by atoms with E-state index in [9.17, 15) is 18.3 Å². The van der Waals surface area contributed by atoms with Crippen molar-refractivity contribution in [1.29, 1.82) is 0 Å². The van der Waals surface area contributed by atoms with Crippen molar-refractivity contribution in [1.82, 2.24) is 0 Å². The molecule has 0 saturated carbocycles. The molecule has 0 amide bonds. The molecule has 1 aromatic rings. The molecule has 0 heterocycles. The molecule has 0 radical (unpaired) electrons. The molecular formula is C9H11KO5S. The molecule has 0 fully saturated rings. The topological polar surface area (TPSA) is 106 Å². The van der Waals surface area contributed by atoms with Crippen molar-refractivity contribution in [3.8, 4) is 0 Å². The van der Waals surface area contributed by atoms with Crippen molar-refractivity contribution in [2.24, 2.45) is 0 Å². The Hall–Kier alpha value is 0.236. The van der Waals surface area contributed by atoms with Gasteiger partial charge in [0.15, 0.2) is 9.84 Å². The van der Waals surface area contributed by atoms with Gasteiger partial charge >= 0.3 is 51.4 Å². The second kappa shape index (κ2) is 7.54. The standard InChI is InChI=1S/C9H10O4S.K.H2O/c1-7-2-4-8(5-3-7)14(12,13)6-9(10)11;;/h2-5H,6H2,1H3,(H,10,11);;1H2/q;+1;/p-1. The van der Waals surface area contributed by atoms with E-state index in [-0.39, 0.29) is 61.8 Å². The number of rotatable bonds is 3. The molecule has 0 bridgehead atoms. The number of hydrogen-bond donors (Lipinski definition) is 0.